The van der Waals surface area contributed by atoms with Crippen molar-refractivity contribution in [3.8, 4) is 0 Å². The molecule has 0 amide bonds. The van der Waals surface area contributed by atoms with Crippen LogP contribution in [-0.4, -0.2) is 0 Å². The minimum absolute atomic E-state index is 0.338. The molecular formula is C12H15Cl2. The van der Waals surface area contributed by atoms with Crippen molar-refractivity contribution >= 4 is 23.2 Å². The topological polar surface area (TPSA) is 0 Å². The van der Waals surface area contributed by atoms with Gasteiger partial charge in [0.15, 0.2) is 0 Å². The van der Waals surface area contributed by atoms with Gasteiger partial charge in [-0.1, -0.05) is 50.9 Å². The number of hydrogen-bond donors (Lipinski definition) is 0. The van der Waals surface area contributed by atoms with Gasteiger partial charge in [0.05, 0.1) is 5.02 Å². The standard InChI is InChI=1S/C12H15Cl2/c1-7(2)9-5-6-10(13)11(8(3)4)12(9)14/h5,7-8H,1-4H3. The Morgan fingerprint density at radius 3 is 2.07 bits per heavy atom. The van der Waals surface area contributed by atoms with Crippen molar-refractivity contribution in [3.63, 3.8) is 0 Å². The summed E-state index contributed by atoms with van der Waals surface area (Å²) in [5.74, 6) is 0.749. The van der Waals surface area contributed by atoms with Crippen LogP contribution in [0.2, 0.25) is 10.0 Å². The highest BCUT2D eigenvalue weighted by Gasteiger charge is 2.15. The van der Waals surface area contributed by atoms with Gasteiger partial charge < -0.3 is 0 Å². The van der Waals surface area contributed by atoms with Gasteiger partial charge in [-0.05, 0) is 29.0 Å². The summed E-state index contributed by atoms with van der Waals surface area (Å²) in [6, 6.07) is 4.94. The van der Waals surface area contributed by atoms with E-state index in [1.54, 1.807) is 0 Å². The quantitative estimate of drug-likeness (QED) is 0.667. The lowest BCUT2D eigenvalue weighted by Gasteiger charge is -2.16. The fourth-order valence-corrected chi connectivity index (χ4v) is 2.46. The fourth-order valence-electron chi connectivity index (χ4n) is 1.46. The van der Waals surface area contributed by atoms with Crippen LogP contribution in [0.15, 0.2) is 6.07 Å². The summed E-state index contributed by atoms with van der Waals surface area (Å²) >= 11 is 12.4. The van der Waals surface area contributed by atoms with Gasteiger partial charge >= 0.3 is 0 Å². The van der Waals surface area contributed by atoms with Crippen molar-refractivity contribution in [1.29, 1.82) is 0 Å². The summed E-state index contributed by atoms with van der Waals surface area (Å²) < 4.78 is 0. The number of halogens is 2. The second-order valence-corrected chi connectivity index (χ2v) is 4.85. The summed E-state index contributed by atoms with van der Waals surface area (Å²) in [4.78, 5) is 0. The van der Waals surface area contributed by atoms with Crippen molar-refractivity contribution in [2.45, 2.75) is 39.5 Å². The zero-order valence-corrected chi connectivity index (χ0v) is 10.5. The van der Waals surface area contributed by atoms with E-state index in [2.05, 4.69) is 33.8 Å². The van der Waals surface area contributed by atoms with Crippen LogP contribution in [0.1, 0.15) is 50.7 Å². The van der Waals surface area contributed by atoms with E-state index in [4.69, 9.17) is 23.2 Å². The molecule has 2 heteroatoms. The Balaban J connectivity index is 3.34. The van der Waals surface area contributed by atoms with E-state index >= 15 is 0 Å². The van der Waals surface area contributed by atoms with E-state index in [1.165, 1.54) is 0 Å². The Hall–Kier alpha value is -0.200. The Labute approximate surface area is 96.2 Å². The molecule has 0 atom stereocenters. The minimum Gasteiger partial charge on any atom is -0.0837 e. The molecule has 0 bridgehead atoms. The Bertz CT molecular complexity index is 327. The largest absolute Gasteiger partial charge is 0.0837 e. The highest BCUT2D eigenvalue weighted by Crippen LogP contribution is 2.36. The minimum atomic E-state index is 0.338. The smallest absolute Gasteiger partial charge is 0.0534 e. The van der Waals surface area contributed by atoms with E-state index < -0.39 is 0 Å². The Morgan fingerprint density at radius 1 is 1.07 bits per heavy atom. The third-order valence-corrected chi connectivity index (χ3v) is 3.01. The maximum atomic E-state index is 6.30. The molecule has 1 aromatic carbocycles. The summed E-state index contributed by atoms with van der Waals surface area (Å²) in [6.07, 6.45) is 0. The van der Waals surface area contributed by atoms with Crippen LogP contribution >= 0.6 is 23.2 Å². The normalized spacial score (nSPS) is 11.4. The Kier molecular flexibility index (Phi) is 3.86. The molecule has 77 valence electrons. The molecule has 0 saturated carbocycles. The van der Waals surface area contributed by atoms with Gasteiger partial charge in [-0.15, -0.1) is 0 Å². The lowest BCUT2D eigenvalue weighted by atomic mass is 9.95. The van der Waals surface area contributed by atoms with Crippen molar-refractivity contribution in [2.24, 2.45) is 0 Å². The molecular weight excluding hydrogens is 215 g/mol. The summed E-state index contributed by atoms with van der Waals surface area (Å²) in [7, 11) is 0. The fraction of sp³-hybridized carbons (Fsp3) is 0.500. The average Bonchev–Trinajstić information content (AvgIpc) is 2.02. The van der Waals surface area contributed by atoms with E-state index in [9.17, 15) is 0 Å². The van der Waals surface area contributed by atoms with Gasteiger partial charge in [-0.3, -0.25) is 0 Å². The zero-order valence-electron chi connectivity index (χ0n) is 8.99. The molecule has 0 N–H and O–H groups in total. The highest BCUT2D eigenvalue weighted by atomic mass is 35.5. The van der Waals surface area contributed by atoms with Gasteiger partial charge in [-0.2, -0.15) is 0 Å². The molecule has 0 fully saturated rings. The van der Waals surface area contributed by atoms with Crippen molar-refractivity contribution < 1.29 is 0 Å². The van der Waals surface area contributed by atoms with Crippen LogP contribution < -0.4 is 0 Å². The molecule has 0 nitrogen and oxygen atoms in total. The van der Waals surface area contributed by atoms with Crippen LogP contribution in [0.5, 0.6) is 0 Å². The first-order valence-corrected chi connectivity index (χ1v) is 5.60. The van der Waals surface area contributed by atoms with Crippen LogP contribution in [0.25, 0.3) is 0 Å². The second-order valence-electron chi connectivity index (χ2n) is 4.10. The first-order chi connectivity index (χ1) is 6.45. The molecule has 1 radical (unpaired) electrons. The maximum Gasteiger partial charge on any atom is 0.0534 e. The molecule has 0 aliphatic heterocycles. The van der Waals surface area contributed by atoms with Crippen molar-refractivity contribution in [1.82, 2.24) is 0 Å². The summed E-state index contributed by atoms with van der Waals surface area (Å²) in [5, 5.41) is 1.45. The predicted octanol–water partition coefficient (Wildman–Crippen LogP) is 5.04. The number of benzene rings is 1. The predicted molar refractivity (Wildman–Crippen MR) is 63.5 cm³/mol. The molecule has 0 heterocycles. The Morgan fingerprint density at radius 2 is 1.64 bits per heavy atom. The lowest BCUT2D eigenvalue weighted by molar-refractivity contribution is 0.834. The van der Waals surface area contributed by atoms with Gasteiger partial charge in [0.1, 0.15) is 0 Å². The number of rotatable bonds is 2. The summed E-state index contributed by atoms with van der Waals surface area (Å²) in [5.41, 5.74) is 2.14. The van der Waals surface area contributed by atoms with E-state index in [0.29, 0.717) is 16.9 Å². The molecule has 1 aromatic rings. The van der Waals surface area contributed by atoms with E-state index in [-0.39, 0.29) is 0 Å². The third kappa shape index (κ3) is 2.24. The first kappa shape index (κ1) is 11.9. The highest BCUT2D eigenvalue weighted by molar-refractivity contribution is 6.36. The van der Waals surface area contributed by atoms with E-state index in [0.717, 1.165) is 16.1 Å². The average molecular weight is 230 g/mol. The molecule has 0 aromatic heterocycles. The molecule has 1 rings (SSSR count). The van der Waals surface area contributed by atoms with Crippen molar-refractivity contribution in [2.75, 3.05) is 0 Å². The molecule has 0 aliphatic rings. The summed E-state index contributed by atoms with van der Waals surface area (Å²) in [6.45, 7) is 8.41. The maximum absolute atomic E-state index is 6.30. The second kappa shape index (κ2) is 4.55. The van der Waals surface area contributed by atoms with Gasteiger partial charge in [0.2, 0.25) is 0 Å². The van der Waals surface area contributed by atoms with Crippen molar-refractivity contribution in [3.05, 3.63) is 33.3 Å². The van der Waals surface area contributed by atoms with Crippen LogP contribution in [-0.2, 0) is 0 Å². The SMILES string of the molecule is CC(C)c1c[c]c(Cl)c(C(C)C)c1Cl. The molecule has 14 heavy (non-hydrogen) atoms. The third-order valence-electron chi connectivity index (χ3n) is 2.28. The molecule has 0 aliphatic carbocycles. The monoisotopic (exact) mass is 229 g/mol. The number of hydrogen-bond acceptors (Lipinski definition) is 0. The molecule has 0 spiro atoms. The van der Waals surface area contributed by atoms with Gasteiger partial charge in [0, 0.05) is 11.1 Å². The van der Waals surface area contributed by atoms with Crippen LogP contribution in [0.3, 0.4) is 0 Å². The van der Waals surface area contributed by atoms with Gasteiger partial charge in [0.25, 0.3) is 0 Å². The van der Waals surface area contributed by atoms with Crippen LogP contribution in [0, 0.1) is 6.07 Å². The molecule has 0 unspecified atom stereocenters. The zero-order chi connectivity index (χ0) is 10.9. The first-order valence-electron chi connectivity index (χ1n) is 4.84. The van der Waals surface area contributed by atoms with Crippen LogP contribution in [0.4, 0.5) is 0 Å². The lowest BCUT2D eigenvalue weighted by Crippen LogP contribution is -1.97. The molecule has 0 saturated heterocycles. The van der Waals surface area contributed by atoms with Gasteiger partial charge in [-0.25, -0.2) is 0 Å². The van der Waals surface area contributed by atoms with E-state index in [1.807, 2.05) is 6.07 Å².